The average molecular weight is 430 g/mol. The van der Waals surface area contributed by atoms with Crippen LogP contribution in [0.4, 0.5) is 0 Å². The molecule has 2 saturated heterocycles. The number of sulfonamides is 1. The van der Waals surface area contributed by atoms with Gasteiger partial charge in [0.1, 0.15) is 0 Å². The molecule has 1 aromatic carbocycles. The van der Waals surface area contributed by atoms with Crippen molar-refractivity contribution in [3.63, 3.8) is 0 Å². The first-order chi connectivity index (χ1) is 11.8. The molecule has 1 unspecified atom stereocenters. The number of likely N-dealkylation sites (tertiary alicyclic amines) is 1. The van der Waals surface area contributed by atoms with Crippen LogP contribution in [-0.2, 0) is 14.8 Å². The highest BCUT2D eigenvalue weighted by atomic mass is 79.9. The summed E-state index contributed by atoms with van der Waals surface area (Å²) < 4.78 is 28.0. The summed E-state index contributed by atoms with van der Waals surface area (Å²) in [7, 11) is -3.51. The van der Waals surface area contributed by atoms with Crippen LogP contribution in [0, 0.1) is 6.92 Å². The number of benzene rings is 1. The van der Waals surface area contributed by atoms with E-state index in [4.69, 9.17) is 5.73 Å². The maximum atomic E-state index is 12.9. The predicted octanol–water partition coefficient (Wildman–Crippen LogP) is 1.86. The molecule has 0 spiro atoms. The van der Waals surface area contributed by atoms with Crippen LogP contribution in [0.2, 0.25) is 0 Å². The second-order valence-corrected chi connectivity index (χ2v) is 9.63. The predicted molar refractivity (Wildman–Crippen MR) is 99.6 cm³/mol. The number of carbonyl (C=O) groups excluding carboxylic acids is 1. The third-order valence-corrected chi connectivity index (χ3v) is 8.10. The molecule has 0 bridgehead atoms. The number of hydrogen-bond acceptors (Lipinski definition) is 4. The Kier molecular flexibility index (Phi) is 5.53. The molecule has 3 rings (SSSR count). The van der Waals surface area contributed by atoms with Crippen LogP contribution in [0.3, 0.4) is 0 Å². The smallest absolute Gasteiger partial charge is 0.244 e. The summed E-state index contributed by atoms with van der Waals surface area (Å²) in [6, 6.07) is 5.32. The lowest BCUT2D eigenvalue weighted by molar-refractivity contribution is -0.123. The maximum Gasteiger partial charge on any atom is 0.244 e. The van der Waals surface area contributed by atoms with Crippen molar-refractivity contribution in [2.75, 3.05) is 19.6 Å². The van der Waals surface area contributed by atoms with E-state index in [2.05, 4.69) is 20.8 Å². The Morgan fingerprint density at radius 3 is 2.48 bits per heavy atom. The summed E-state index contributed by atoms with van der Waals surface area (Å²) >= 11 is 3.37. The van der Waals surface area contributed by atoms with E-state index in [1.165, 1.54) is 0 Å². The van der Waals surface area contributed by atoms with E-state index in [1.54, 1.807) is 10.4 Å². The second-order valence-electron chi connectivity index (χ2n) is 6.87. The van der Waals surface area contributed by atoms with Crippen LogP contribution in [-0.4, -0.2) is 55.2 Å². The zero-order chi connectivity index (χ0) is 18.2. The summed E-state index contributed by atoms with van der Waals surface area (Å²) in [5.74, 6) is -0.267. The molecule has 1 aromatic rings. The molecular weight excluding hydrogens is 406 g/mol. The molecule has 0 aliphatic carbocycles. The Morgan fingerprint density at radius 2 is 1.88 bits per heavy atom. The quantitative estimate of drug-likeness (QED) is 0.791. The highest BCUT2D eigenvalue weighted by molar-refractivity contribution is 9.10. The van der Waals surface area contributed by atoms with E-state index in [0.717, 1.165) is 37.8 Å². The van der Waals surface area contributed by atoms with Crippen LogP contribution in [0.15, 0.2) is 27.6 Å². The number of primary amides is 1. The largest absolute Gasteiger partial charge is 0.368 e. The van der Waals surface area contributed by atoms with E-state index >= 15 is 0 Å². The van der Waals surface area contributed by atoms with Crippen molar-refractivity contribution in [3.05, 3.63) is 28.2 Å². The van der Waals surface area contributed by atoms with Crippen LogP contribution < -0.4 is 5.73 Å². The molecule has 25 heavy (non-hydrogen) atoms. The fraction of sp³-hybridized carbons (Fsp3) is 0.588. The van der Waals surface area contributed by atoms with Gasteiger partial charge < -0.3 is 5.73 Å². The molecule has 2 N–H and O–H groups in total. The number of piperidine rings is 1. The van der Waals surface area contributed by atoms with Crippen LogP contribution in [0.25, 0.3) is 0 Å². The van der Waals surface area contributed by atoms with Crippen molar-refractivity contribution in [2.45, 2.75) is 49.6 Å². The zero-order valence-electron chi connectivity index (χ0n) is 14.3. The van der Waals surface area contributed by atoms with E-state index in [-0.39, 0.29) is 18.0 Å². The fourth-order valence-corrected chi connectivity index (χ4v) is 6.52. The first kappa shape index (κ1) is 18.8. The van der Waals surface area contributed by atoms with Gasteiger partial charge in [-0.3, -0.25) is 9.69 Å². The Hall–Kier alpha value is -0.960. The standard InChI is InChI=1S/C17H24BrN3O3S/c1-12-4-5-16(14(18)11-12)25(23,24)20-9-6-13(7-10-20)21-8-2-3-15(21)17(19)22/h4-5,11,13,15H,2-3,6-10H2,1H3,(H2,19,22). The molecule has 0 saturated carbocycles. The van der Waals surface area contributed by atoms with Crippen molar-refractivity contribution >= 4 is 31.9 Å². The number of halogens is 1. The summed E-state index contributed by atoms with van der Waals surface area (Å²) in [4.78, 5) is 14.1. The van der Waals surface area contributed by atoms with Gasteiger partial charge in [0, 0.05) is 23.6 Å². The van der Waals surface area contributed by atoms with E-state index in [1.807, 2.05) is 19.1 Å². The number of nitrogens with zero attached hydrogens (tertiary/aromatic N) is 2. The highest BCUT2D eigenvalue weighted by Crippen LogP contribution is 2.31. The lowest BCUT2D eigenvalue weighted by atomic mass is 10.0. The van der Waals surface area contributed by atoms with Gasteiger partial charge in [-0.15, -0.1) is 0 Å². The topological polar surface area (TPSA) is 83.7 Å². The lowest BCUT2D eigenvalue weighted by Crippen LogP contribution is -2.51. The van der Waals surface area contributed by atoms with Gasteiger partial charge in [0.15, 0.2) is 0 Å². The van der Waals surface area contributed by atoms with Gasteiger partial charge in [0.25, 0.3) is 0 Å². The van der Waals surface area contributed by atoms with Crippen molar-refractivity contribution in [3.8, 4) is 0 Å². The molecule has 1 amide bonds. The number of aryl methyl sites for hydroxylation is 1. The number of carbonyl (C=O) groups is 1. The van der Waals surface area contributed by atoms with Gasteiger partial charge in [-0.2, -0.15) is 4.31 Å². The molecule has 2 heterocycles. The number of nitrogens with two attached hydrogens (primary N) is 1. The summed E-state index contributed by atoms with van der Waals surface area (Å²) in [6.45, 7) is 3.73. The SMILES string of the molecule is Cc1ccc(S(=O)(=O)N2CCC(N3CCCC3C(N)=O)CC2)c(Br)c1. The zero-order valence-corrected chi connectivity index (χ0v) is 16.7. The Bertz CT molecular complexity index is 760. The molecule has 0 radical (unpaired) electrons. The molecule has 6 nitrogen and oxygen atoms in total. The molecule has 2 aliphatic heterocycles. The minimum atomic E-state index is -3.51. The van der Waals surface area contributed by atoms with Crippen molar-refractivity contribution in [2.24, 2.45) is 5.73 Å². The number of amides is 1. The normalized spacial score (nSPS) is 23.8. The first-order valence-corrected chi connectivity index (χ1v) is 10.9. The molecule has 0 aromatic heterocycles. The molecule has 2 aliphatic rings. The minimum absolute atomic E-state index is 0.195. The maximum absolute atomic E-state index is 12.9. The monoisotopic (exact) mass is 429 g/mol. The van der Waals surface area contributed by atoms with E-state index in [9.17, 15) is 13.2 Å². The van der Waals surface area contributed by atoms with Crippen LogP contribution >= 0.6 is 15.9 Å². The van der Waals surface area contributed by atoms with Gasteiger partial charge in [-0.1, -0.05) is 6.07 Å². The van der Waals surface area contributed by atoms with Gasteiger partial charge in [0.05, 0.1) is 10.9 Å². The Labute approximate surface area is 157 Å². The van der Waals surface area contributed by atoms with Gasteiger partial charge in [-0.25, -0.2) is 8.42 Å². The Morgan fingerprint density at radius 1 is 1.20 bits per heavy atom. The minimum Gasteiger partial charge on any atom is -0.368 e. The first-order valence-electron chi connectivity index (χ1n) is 8.62. The van der Waals surface area contributed by atoms with Gasteiger partial charge in [-0.05, 0) is 72.8 Å². The summed E-state index contributed by atoms with van der Waals surface area (Å²) in [6.07, 6.45) is 3.24. The van der Waals surface area contributed by atoms with E-state index < -0.39 is 10.0 Å². The van der Waals surface area contributed by atoms with Gasteiger partial charge in [0.2, 0.25) is 15.9 Å². The fourth-order valence-electron chi connectivity index (χ4n) is 3.90. The van der Waals surface area contributed by atoms with Crippen LogP contribution in [0.5, 0.6) is 0 Å². The van der Waals surface area contributed by atoms with Crippen LogP contribution in [0.1, 0.15) is 31.2 Å². The Balaban J connectivity index is 1.70. The van der Waals surface area contributed by atoms with Crippen molar-refractivity contribution in [1.82, 2.24) is 9.21 Å². The molecule has 2 fully saturated rings. The summed E-state index contributed by atoms with van der Waals surface area (Å²) in [5, 5.41) is 0. The lowest BCUT2D eigenvalue weighted by Gasteiger charge is -2.38. The number of rotatable bonds is 4. The number of hydrogen-bond donors (Lipinski definition) is 1. The van der Waals surface area contributed by atoms with E-state index in [0.29, 0.717) is 22.5 Å². The third-order valence-electron chi connectivity index (χ3n) is 5.22. The average Bonchev–Trinajstić information content (AvgIpc) is 3.04. The molecule has 8 heteroatoms. The van der Waals surface area contributed by atoms with Gasteiger partial charge >= 0.3 is 0 Å². The van der Waals surface area contributed by atoms with Crippen molar-refractivity contribution in [1.29, 1.82) is 0 Å². The molecular formula is C17H24BrN3O3S. The third kappa shape index (κ3) is 3.77. The highest BCUT2D eigenvalue weighted by Gasteiger charge is 2.38. The summed E-state index contributed by atoms with van der Waals surface area (Å²) in [5.41, 5.74) is 6.51. The molecule has 138 valence electrons. The molecule has 1 atom stereocenters. The van der Waals surface area contributed by atoms with Crippen molar-refractivity contribution < 1.29 is 13.2 Å². The second kappa shape index (κ2) is 7.34.